The third kappa shape index (κ3) is 7.02. The number of aliphatic hydroxyl groups is 1. The van der Waals surface area contributed by atoms with Crippen LogP contribution in [0.25, 0.3) is 0 Å². The molecule has 0 aromatic heterocycles. The van der Waals surface area contributed by atoms with E-state index in [0.717, 1.165) is 25.0 Å². The summed E-state index contributed by atoms with van der Waals surface area (Å²) < 4.78 is 0. The number of carbonyl (C=O) groups is 1. The van der Waals surface area contributed by atoms with Gasteiger partial charge < -0.3 is 10.2 Å². The average Bonchev–Trinajstić information content (AvgIpc) is 3.03. The molecule has 0 aromatic carbocycles. The van der Waals surface area contributed by atoms with Gasteiger partial charge in [-0.1, -0.05) is 43.6 Å². The van der Waals surface area contributed by atoms with Crippen molar-refractivity contribution in [2.24, 2.45) is 17.8 Å². The molecule has 136 valence electrons. The van der Waals surface area contributed by atoms with Crippen molar-refractivity contribution in [1.29, 1.82) is 0 Å². The number of carboxylic acid groups (broad SMARTS) is 1. The van der Waals surface area contributed by atoms with Gasteiger partial charge in [0.05, 0.1) is 6.10 Å². The summed E-state index contributed by atoms with van der Waals surface area (Å²) in [7, 11) is 0. The minimum atomic E-state index is -0.711. The molecule has 0 spiro atoms. The summed E-state index contributed by atoms with van der Waals surface area (Å²) in [6.45, 7) is 0. The van der Waals surface area contributed by atoms with Crippen LogP contribution in [0.5, 0.6) is 0 Å². The fourth-order valence-corrected chi connectivity index (χ4v) is 5.20. The Morgan fingerprint density at radius 2 is 1.96 bits per heavy atom. The van der Waals surface area contributed by atoms with E-state index in [1.807, 2.05) is 11.8 Å². The summed E-state index contributed by atoms with van der Waals surface area (Å²) in [6, 6.07) is 0. The predicted octanol–water partition coefficient (Wildman–Crippen LogP) is 4.66. The minimum absolute atomic E-state index is 0.258. The van der Waals surface area contributed by atoms with Crippen molar-refractivity contribution < 1.29 is 15.0 Å². The first-order valence-electron chi connectivity index (χ1n) is 9.47. The quantitative estimate of drug-likeness (QED) is 0.468. The largest absolute Gasteiger partial charge is 0.481 e. The molecule has 1 heterocycles. The lowest BCUT2D eigenvalue weighted by Crippen LogP contribution is -2.21. The highest BCUT2D eigenvalue weighted by Crippen LogP contribution is 2.34. The fourth-order valence-electron chi connectivity index (χ4n) is 3.72. The van der Waals surface area contributed by atoms with E-state index in [1.165, 1.54) is 37.9 Å². The number of allylic oxidation sites excluding steroid dienone is 3. The van der Waals surface area contributed by atoms with Crippen molar-refractivity contribution in [2.45, 2.75) is 63.9 Å². The molecule has 3 nitrogen and oxygen atoms in total. The van der Waals surface area contributed by atoms with Crippen molar-refractivity contribution in [2.75, 3.05) is 11.5 Å². The van der Waals surface area contributed by atoms with Crippen molar-refractivity contribution in [1.82, 2.24) is 0 Å². The zero-order valence-corrected chi connectivity index (χ0v) is 15.4. The molecule has 0 bridgehead atoms. The third-order valence-electron chi connectivity index (χ3n) is 5.30. The van der Waals surface area contributed by atoms with Crippen molar-refractivity contribution in [3.63, 3.8) is 0 Å². The van der Waals surface area contributed by atoms with Crippen LogP contribution in [0.1, 0.15) is 57.8 Å². The van der Waals surface area contributed by atoms with E-state index >= 15 is 0 Å². The molecule has 0 aromatic rings. The van der Waals surface area contributed by atoms with Crippen LogP contribution in [0.2, 0.25) is 0 Å². The molecule has 2 aliphatic rings. The molecule has 1 unspecified atom stereocenters. The molecule has 2 fully saturated rings. The third-order valence-corrected chi connectivity index (χ3v) is 6.59. The second kappa shape index (κ2) is 11.0. The van der Waals surface area contributed by atoms with Crippen LogP contribution in [-0.4, -0.2) is 33.8 Å². The van der Waals surface area contributed by atoms with Gasteiger partial charge in [0.15, 0.2) is 0 Å². The van der Waals surface area contributed by atoms with E-state index in [4.69, 9.17) is 5.11 Å². The first-order valence-corrected chi connectivity index (χ1v) is 10.6. The zero-order chi connectivity index (χ0) is 17.2. The van der Waals surface area contributed by atoms with E-state index in [-0.39, 0.29) is 12.5 Å². The van der Waals surface area contributed by atoms with Gasteiger partial charge in [0.1, 0.15) is 0 Å². The Labute approximate surface area is 150 Å². The lowest BCUT2D eigenvalue weighted by Gasteiger charge is -2.25. The molecule has 1 saturated carbocycles. The normalized spacial score (nSPS) is 27.2. The smallest absolute Gasteiger partial charge is 0.303 e. The molecule has 1 aliphatic carbocycles. The van der Waals surface area contributed by atoms with Crippen LogP contribution >= 0.6 is 11.8 Å². The maximum atomic E-state index is 10.5. The highest BCUT2D eigenvalue weighted by Gasteiger charge is 2.25. The van der Waals surface area contributed by atoms with Crippen molar-refractivity contribution in [3.8, 4) is 0 Å². The van der Waals surface area contributed by atoms with Crippen LogP contribution in [-0.2, 0) is 4.79 Å². The van der Waals surface area contributed by atoms with E-state index in [0.29, 0.717) is 17.8 Å². The monoisotopic (exact) mass is 352 g/mol. The first-order chi connectivity index (χ1) is 11.7. The molecule has 24 heavy (non-hydrogen) atoms. The molecule has 2 rings (SSSR count). The lowest BCUT2D eigenvalue weighted by atomic mass is 9.84. The Balaban J connectivity index is 1.70. The van der Waals surface area contributed by atoms with Gasteiger partial charge in [-0.3, -0.25) is 4.79 Å². The maximum absolute atomic E-state index is 10.5. The van der Waals surface area contributed by atoms with Crippen molar-refractivity contribution >= 4 is 17.7 Å². The second-order valence-electron chi connectivity index (χ2n) is 7.23. The second-order valence-corrected chi connectivity index (χ2v) is 8.30. The van der Waals surface area contributed by atoms with E-state index in [2.05, 4.69) is 24.3 Å². The Kier molecular flexibility index (Phi) is 8.97. The topological polar surface area (TPSA) is 57.5 Å². The average molecular weight is 353 g/mol. The zero-order valence-electron chi connectivity index (χ0n) is 14.6. The predicted molar refractivity (Wildman–Crippen MR) is 101 cm³/mol. The molecule has 0 amide bonds. The molecule has 1 saturated heterocycles. The first kappa shape index (κ1) is 19.6. The van der Waals surface area contributed by atoms with Gasteiger partial charge in [0.2, 0.25) is 0 Å². The van der Waals surface area contributed by atoms with Crippen molar-refractivity contribution in [3.05, 3.63) is 24.3 Å². The summed E-state index contributed by atoms with van der Waals surface area (Å²) in [5.74, 6) is 3.32. The fraction of sp³-hybridized carbons (Fsp3) is 0.750. The molecule has 3 atom stereocenters. The molecule has 1 aliphatic heterocycles. The van der Waals surface area contributed by atoms with Crippen LogP contribution in [0, 0.1) is 17.8 Å². The molecule has 2 N–H and O–H groups in total. The van der Waals surface area contributed by atoms with Crippen LogP contribution in [0.4, 0.5) is 0 Å². The molecule has 4 heteroatoms. The number of hydrogen-bond acceptors (Lipinski definition) is 3. The number of unbranched alkanes of at least 4 members (excludes halogenated alkanes) is 1. The van der Waals surface area contributed by atoms with Gasteiger partial charge in [-0.2, -0.15) is 11.8 Å². The number of hydrogen-bond donors (Lipinski definition) is 2. The Hall–Kier alpha value is -0.740. The van der Waals surface area contributed by atoms with Gasteiger partial charge in [-0.05, 0) is 61.4 Å². The maximum Gasteiger partial charge on any atom is 0.303 e. The molecule has 0 radical (unpaired) electrons. The standard InChI is InChI=1S/C20H32O3S/c21-19(16-8-5-3-6-9-16)13-12-18-15-24-14-17(18)10-4-1-2-7-11-20(22)23/h1,4,12-13,16-19,21H,2-3,5-11,14-15H2,(H,22,23)/b4-1-,13-12+/t17-,18-,19?/m0/s1. The summed E-state index contributed by atoms with van der Waals surface area (Å²) >= 11 is 2.01. The SMILES string of the molecule is O=C(O)CCC/C=C\C[C@H]1CSC[C@@H]1/C=C/C(O)C1CCCCC1. The van der Waals surface area contributed by atoms with Crippen LogP contribution in [0.3, 0.4) is 0 Å². The highest BCUT2D eigenvalue weighted by atomic mass is 32.2. The summed E-state index contributed by atoms with van der Waals surface area (Å²) in [5.41, 5.74) is 0. The van der Waals surface area contributed by atoms with Crippen LogP contribution < -0.4 is 0 Å². The Morgan fingerprint density at radius 3 is 2.71 bits per heavy atom. The summed E-state index contributed by atoms with van der Waals surface area (Å²) in [6.07, 6.45) is 17.5. The number of aliphatic hydroxyl groups excluding tert-OH is 1. The lowest BCUT2D eigenvalue weighted by molar-refractivity contribution is -0.137. The van der Waals surface area contributed by atoms with Gasteiger partial charge in [0.25, 0.3) is 0 Å². The Morgan fingerprint density at radius 1 is 1.17 bits per heavy atom. The van der Waals surface area contributed by atoms with Gasteiger partial charge >= 0.3 is 5.97 Å². The van der Waals surface area contributed by atoms with Gasteiger partial charge in [-0.25, -0.2) is 0 Å². The van der Waals surface area contributed by atoms with Gasteiger partial charge in [-0.15, -0.1) is 0 Å². The minimum Gasteiger partial charge on any atom is -0.481 e. The summed E-state index contributed by atoms with van der Waals surface area (Å²) in [5, 5.41) is 19.0. The number of carboxylic acids is 1. The summed E-state index contributed by atoms with van der Waals surface area (Å²) in [4.78, 5) is 10.5. The Bertz CT molecular complexity index is 427. The number of aliphatic carboxylic acids is 1. The molecular formula is C20H32O3S. The van der Waals surface area contributed by atoms with E-state index < -0.39 is 5.97 Å². The van der Waals surface area contributed by atoms with E-state index in [9.17, 15) is 9.90 Å². The van der Waals surface area contributed by atoms with Crippen LogP contribution in [0.15, 0.2) is 24.3 Å². The molecular weight excluding hydrogens is 320 g/mol. The van der Waals surface area contributed by atoms with Gasteiger partial charge in [0, 0.05) is 6.42 Å². The van der Waals surface area contributed by atoms with E-state index in [1.54, 1.807) is 0 Å². The highest BCUT2D eigenvalue weighted by molar-refractivity contribution is 7.99. The number of thioether (sulfide) groups is 1. The number of rotatable bonds is 9.